The number of rotatable bonds is 4. The highest BCUT2D eigenvalue weighted by molar-refractivity contribution is 5.89. The van der Waals surface area contributed by atoms with Crippen molar-refractivity contribution in [2.75, 3.05) is 20.5 Å². The van der Waals surface area contributed by atoms with Crippen LogP contribution in [0.2, 0.25) is 0 Å². The number of benzene rings is 2. The molecule has 25 heavy (non-hydrogen) atoms. The predicted molar refractivity (Wildman–Crippen MR) is 85.7 cm³/mol. The number of aliphatic hydroxyl groups is 1. The Morgan fingerprint density at radius 1 is 1.24 bits per heavy atom. The molecular formula is C18H16O7. The van der Waals surface area contributed by atoms with Crippen LogP contribution in [0.1, 0.15) is 33.5 Å². The highest BCUT2D eigenvalue weighted by atomic mass is 16.7. The lowest BCUT2D eigenvalue weighted by atomic mass is 9.90. The third kappa shape index (κ3) is 2.44. The minimum Gasteiger partial charge on any atom is -0.493 e. The molecule has 0 radical (unpaired) electrons. The third-order valence-corrected chi connectivity index (χ3v) is 4.48. The first-order chi connectivity index (χ1) is 12.1. The molecule has 2 aromatic rings. The summed E-state index contributed by atoms with van der Waals surface area (Å²) < 4.78 is 22.0. The molecule has 2 aliphatic heterocycles. The molecule has 7 heteroatoms. The molecule has 130 valence electrons. The van der Waals surface area contributed by atoms with E-state index < -0.39 is 18.0 Å². The van der Waals surface area contributed by atoms with Gasteiger partial charge >= 0.3 is 5.97 Å². The Balaban J connectivity index is 1.78. The number of aliphatic hydroxyl groups excluding tert-OH is 1. The Labute approximate surface area is 143 Å². The minimum absolute atomic E-state index is 0.0870. The van der Waals surface area contributed by atoms with E-state index in [4.69, 9.17) is 18.9 Å². The van der Waals surface area contributed by atoms with Gasteiger partial charge in [-0.15, -0.1) is 0 Å². The maximum atomic E-state index is 11.4. The van der Waals surface area contributed by atoms with E-state index in [1.165, 1.54) is 19.2 Å². The van der Waals surface area contributed by atoms with Gasteiger partial charge in [0, 0.05) is 5.56 Å². The molecule has 0 spiro atoms. The minimum atomic E-state index is -1.07. The number of carboxylic acids is 1. The molecule has 0 amide bonds. The van der Waals surface area contributed by atoms with Crippen LogP contribution in [0.3, 0.4) is 0 Å². The van der Waals surface area contributed by atoms with Gasteiger partial charge in [0.25, 0.3) is 0 Å². The van der Waals surface area contributed by atoms with E-state index in [-0.39, 0.29) is 19.0 Å². The van der Waals surface area contributed by atoms with Gasteiger partial charge in [-0.1, -0.05) is 6.07 Å². The van der Waals surface area contributed by atoms with Gasteiger partial charge in [0.1, 0.15) is 6.10 Å². The Bertz CT molecular complexity index is 846. The summed E-state index contributed by atoms with van der Waals surface area (Å²) >= 11 is 0. The lowest BCUT2D eigenvalue weighted by Crippen LogP contribution is -2.13. The number of methoxy groups -OCH3 is 1. The molecule has 2 aliphatic rings. The maximum absolute atomic E-state index is 11.4. The summed E-state index contributed by atoms with van der Waals surface area (Å²) in [6, 6.07) is 8.38. The number of aromatic carboxylic acids is 1. The monoisotopic (exact) mass is 344 g/mol. The van der Waals surface area contributed by atoms with Crippen molar-refractivity contribution in [1.82, 2.24) is 0 Å². The maximum Gasteiger partial charge on any atom is 0.335 e. The van der Waals surface area contributed by atoms with Gasteiger partial charge < -0.3 is 29.2 Å². The summed E-state index contributed by atoms with van der Waals surface area (Å²) in [6.45, 7) is -0.0257. The van der Waals surface area contributed by atoms with Gasteiger partial charge in [0.2, 0.25) is 6.79 Å². The van der Waals surface area contributed by atoms with Crippen molar-refractivity contribution in [1.29, 1.82) is 0 Å². The Kier molecular flexibility index (Phi) is 3.65. The van der Waals surface area contributed by atoms with Gasteiger partial charge in [-0.05, 0) is 29.8 Å². The van der Waals surface area contributed by atoms with E-state index in [1.54, 1.807) is 6.07 Å². The fourth-order valence-electron chi connectivity index (χ4n) is 3.26. The lowest BCUT2D eigenvalue weighted by molar-refractivity contribution is 0.0696. The molecule has 7 nitrogen and oxygen atoms in total. The zero-order valence-corrected chi connectivity index (χ0v) is 13.4. The SMILES string of the molecule is COc1cc(C(=O)O)cc2c1O[C@H](c1ccc3c(c1)OCO3)[C@H]2CO. The van der Waals surface area contributed by atoms with Crippen LogP contribution in [-0.4, -0.2) is 36.7 Å². The smallest absolute Gasteiger partial charge is 0.335 e. The molecule has 0 fully saturated rings. The highest BCUT2D eigenvalue weighted by Crippen LogP contribution is 2.51. The molecule has 2 aromatic carbocycles. The van der Waals surface area contributed by atoms with E-state index in [0.29, 0.717) is 28.6 Å². The number of carboxylic acid groups (broad SMARTS) is 1. The van der Waals surface area contributed by atoms with Crippen molar-refractivity contribution in [3.8, 4) is 23.0 Å². The van der Waals surface area contributed by atoms with Crippen molar-refractivity contribution in [3.05, 3.63) is 47.0 Å². The molecule has 0 aromatic heterocycles. The van der Waals surface area contributed by atoms with Crippen LogP contribution >= 0.6 is 0 Å². The average molecular weight is 344 g/mol. The van der Waals surface area contributed by atoms with Crippen molar-refractivity contribution in [2.24, 2.45) is 0 Å². The van der Waals surface area contributed by atoms with Gasteiger partial charge in [0.15, 0.2) is 23.0 Å². The summed E-state index contributed by atoms with van der Waals surface area (Å²) in [4.78, 5) is 11.4. The molecule has 0 saturated carbocycles. The Hall–Kier alpha value is -2.93. The lowest BCUT2D eigenvalue weighted by Gasteiger charge is -2.18. The number of ether oxygens (including phenoxy) is 4. The van der Waals surface area contributed by atoms with Gasteiger partial charge in [0.05, 0.1) is 25.2 Å². The third-order valence-electron chi connectivity index (χ3n) is 4.48. The van der Waals surface area contributed by atoms with E-state index in [2.05, 4.69) is 0 Å². The second-order valence-corrected chi connectivity index (χ2v) is 5.84. The van der Waals surface area contributed by atoms with Crippen molar-refractivity contribution >= 4 is 5.97 Å². The second-order valence-electron chi connectivity index (χ2n) is 5.84. The average Bonchev–Trinajstić information content (AvgIpc) is 3.23. The zero-order chi connectivity index (χ0) is 17.6. The van der Waals surface area contributed by atoms with E-state index in [1.807, 2.05) is 12.1 Å². The van der Waals surface area contributed by atoms with Crippen LogP contribution in [0.25, 0.3) is 0 Å². The molecule has 0 unspecified atom stereocenters. The van der Waals surface area contributed by atoms with Crippen molar-refractivity contribution in [2.45, 2.75) is 12.0 Å². The van der Waals surface area contributed by atoms with Crippen molar-refractivity contribution in [3.63, 3.8) is 0 Å². The van der Waals surface area contributed by atoms with E-state index >= 15 is 0 Å². The Morgan fingerprint density at radius 2 is 2.04 bits per heavy atom. The van der Waals surface area contributed by atoms with Crippen LogP contribution in [-0.2, 0) is 0 Å². The van der Waals surface area contributed by atoms with Crippen LogP contribution in [0.4, 0.5) is 0 Å². The normalized spacial score (nSPS) is 20.1. The van der Waals surface area contributed by atoms with Crippen LogP contribution < -0.4 is 18.9 Å². The molecular weight excluding hydrogens is 328 g/mol. The first kappa shape index (κ1) is 15.6. The van der Waals surface area contributed by atoms with Gasteiger partial charge in [-0.3, -0.25) is 0 Å². The van der Waals surface area contributed by atoms with Crippen molar-refractivity contribution < 1.29 is 34.0 Å². The fraction of sp³-hybridized carbons (Fsp3) is 0.278. The standard InChI is InChI=1S/C18H16O7/c1-22-15-6-10(18(20)21)4-11-12(7-19)16(25-17(11)15)9-2-3-13-14(5-9)24-8-23-13/h2-6,12,16,19H,7-8H2,1H3,(H,20,21)/t12-,16+/m0/s1. The summed E-state index contributed by atoms with van der Waals surface area (Å²) in [5, 5.41) is 19.2. The van der Waals surface area contributed by atoms with Crippen LogP contribution in [0.5, 0.6) is 23.0 Å². The summed E-state index contributed by atoms with van der Waals surface area (Å²) in [7, 11) is 1.45. The van der Waals surface area contributed by atoms with Crippen LogP contribution in [0.15, 0.2) is 30.3 Å². The topological polar surface area (TPSA) is 94.5 Å². The molecule has 2 N–H and O–H groups in total. The molecule has 2 heterocycles. The summed E-state index contributed by atoms with van der Waals surface area (Å²) in [5.41, 5.74) is 1.50. The summed E-state index contributed by atoms with van der Waals surface area (Å²) in [5.74, 6) is 0.580. The first-order valence-corrected chi connectivity index (χ1v) is 7.74. The number of carbonyl (C=O) groups is 1. The number of fused-ring (bicyclic) bond motifs is 2. The largest absolute Gasteiger partial charge is 0.493 e. The first-order valence-electron chi connectivity index (χ1n) is 7.74. The predicted octanol–water partition coefficient (Wildman–Crippen LogP) is 2.33. The highest BCUT2D eigenvalue weighted by Gasteiger charge is 2.38. The molecule has 0 bridgehead atoms. The fourth-order valence-corrected chi connectivity index (χ4v) is 3.26. The second kappa shape index (κ2) is 5.86. The van der Waals surface area contributed by atoms with Gasteiger partial charge in [-0.25, -0.2) is 4.79 Å². The van der Waals surface area contributed by atoms with Crippen LogP contribution in [0, 0.1) is 0 Å². The van der Waals surface area contributed by atoms with E-state index in [9.17, 15) is 15.0 Å². The molecule has 4 rings (SSSR count). The molecule has 2 atom stereocenters. The molecule has 0 saturated heterocycles. The van der Waals surface area contributed by atoms with E-state index in [0.717, 1.165) is 5.56 Å². The number of hydrogen-bond acceptors (Lipinski definition) is 6. The Morgan fingerprint density at radius 3 is 2.76 bits per heavy atom. The quantitative estimate of drug-likeness (QED) is 0.879. The molecule has 0 aliphatic carbocycles. The zero-order valence-electron chi connectivity index (χ0n) is 13.4. The van der Waals surface area contributed by atoms with Gasteiger partial charge in [-0.2, -0.15) is 0 Å². The summed E-state index contributed by atoms with van der Waals surface area (Å²) in [6.07, 6.45) is -0.479. The number of hydrogen-bond donors (Lipinski definition) is 2.